The number of pyridine rings is 2. The average Bonchev–Trinajstić information content (AvgIpc) is 3.23. The fraction of sp³-hybridized carbons (Fsp3) is 0.261. The summed E-state index contributed by atoms with van der Waals surface area (Å²) in [5, 5.41) is 7.62. The van der Waals surface area contributed by atoms with E-state index < -0.39 is 23.7 Å². The molecule has 0 saturated heterocycles. The van der Waals surface area contributed by atoms with Crippen molar-refractivity contribution in [3.8, 4) is 5.88 Å². The number of rotatable bonds is 4. The van der Waals surface area contributed by atoms with E-state index in [-0.39, 0.29) is 23.6 Å². The summed E-state index contributed by atoms with van der Waals surface area (Å²) >= 11 is 0. The zero-order valence-electron chi connectivity index (χ0n) is 19.8. The van der Waals surface area contributed by atoms with Crippen molar-refractivity contribution in [3.63, 3.8) is 0 Å². The van der Waals surface area contributed by atoms with E-state index in [0.717, 1.165) is 22.2 Å². The van der Waals surface area contributed by atoms with E-state index in [0.29, 0.717) is 27.6 Å². The number of methoxy groups -OCH3 is 1. The Kier molecular flexibility index (Phi) is 6.16. The number of ether oxygens (including phenoxy) is 1. The fourth-order valence-electron chi connectivity index (χ4n) is 3.81. The molecule has 10 nitrogen and oxygen atoms in total. The van der Waals surface area contributed by atoms with Crippen molar-refractivity contribution in [2.24, 2.45) is 7.05 Å². The van der Waals surface area contributed by atoms with Crippen molar-refractivity contribution >= 4 is 39.4 Å². The quantitative estimate of drug-likeness (QED) is 0.427. The van der Waals surface area contributed by atoms with Crippen molar-refractivity contribution in [1.29, 1.82) is 0 Å². The molecule has 2 amide bonds. The fourth-order valence-corrected chi connectivity index (χ4v) is 3.81. The molecule has 0 radical (unpaired) electrons. The number of halogens is 3. The molecule has 3 heterocycles. The maximum absolute atomic E-state index is 13.6. The third-order valence-electron chi connectivity index (χ3n) is 5.75. The van der Waals surface area contributed by atoms with Gasteiger partial charge in [0.2, 0.25) is 11.8 Å². The van der Waals surface area contributed by atoms with Gasteiger partial charge in [-0.25, -0.2) is 15.0 Å². The predicted octanol–water partition coefficient (Wildman–Crippen LogP) is 3.16. The van der Waals surface area contributed by atoms with E-state index in [1.54, 1.807) is 30.1 Å². The van der Waals surface area contributed by atoms with E-state index in [2.05, 4.69) is 15.1 Å². The maximum atomic E-state index is 13.6. The number of hydrogen-bond acceptors (Lipinski definition) is 7. The number of nitrogen functional groups attached to an aromatic ring is 1. The minimum atomic E-state index is -4.67. The van der Waals surface area contributed by atoms with Crippen LogP contribution in [0, 0.1) is 0 Å². The standard InChI is InChI=1S/C23H22F3N7O3/c1-12(34)32(3)33(11-14-6-8-18(23(24,25)26)30-21(14)36-4)22(35)13-5-7-17-15(9-13)19-16(20(27)29-17)10-28-31(19)2/h5-10H,11H2,1-4H3,(H2,27,29). The number of hydrogen-bond donors (Lipinski definition) is 1. The number of alkyl halides is 3. The molecule has 0 aliphatic rings. The first kappa shape index (κ1) is 24.7. The van der Waals surface area contributed by atoms with Crippen LogP contribution in [0.25, 0.3) is 21.8 Å². The van der Waals surface area contributed by atoms with Crippen molar-refractivity contribution < 1.29 is 27.5 Å². The van der Waals surface area contributed by atoms with E-state index >= 15 is 0 Å². The Hall–Kier alpha value is -4.42. The van der Waals surface area contributed by atoms with Gasteiger partial charge in [-0.2, -0.15) is 18.3 Å². The SMILES string of the molecule is COc1nc(C(F)(F)F)ccc1CN(C(=O)c1ccc2nc(N)c3cnn(C)c3c2c1)N(C)C(C)=O. The molecular weight excluding hydrogens is 479 g/mol. The number of carbonyl (C=O) groups is 2. The number of benzene rings is 1. The summed E-state index contributed by atoms with van der Waals surface area (Å²) in [6, 6.07) is 6.71. The average molecular weight is 501 g/mol. The summed E-state index contributed by atoms with van der Waals surface area (Å²) in [7, 11) is 4.29. The van der Waals surface area contributed by atoms with Crippen LogP contribution in [0.5, 0.6) is 5.88 Å². The molecule has 0 fully saturated rings. The van der Waals surface area contributed by atoms with Gasteiger partial charge in [0.25, 0.3) is 5.91 Å². The number of hydrazine groups is 1. The van der Waals surface area contributed by atoms with Gasteiger partial charge < -0.3 is 10.5 Å². The first-order valence-electron chi connectivity index (χ1n) is 10.6. The monoisotopic (exact) mass is 501 g/mol. The Morgan fingerprint density at radius 1 is 1.14 bits per heavy atom. The third-order valence-corrected chi connectivity index (χ3v) is 5.75. The van der Waals surface area contributed by atoms with Gasteiger partial charge in [-0.15, -0.1) is 0 Å². The zero-order valence-corrected chi connectivity index (χ0v) is 19.8. The van der Waals surface area contributed by atoms with Gasteiger partial charge in [-0.1, -0.05) is 0 Å². The minimum absolute atomic E-state index is 0.177. The largest absolute Gasteiger partial charge is 0.481 e. The lowest BCUT2D eigenvalue weighted by atomic mass is 10.1. The van der Waals surface area contributed by atoms with Gasteiger partial charge >= 0.3 is 6.18 Å². The molecule has 0 unspecified atom stereocenters. The van der Waals surface area contributed by atoms with Crippen molar-refractivity contribution in [2.75, 3.05) is 19.9 Å². The number of aromatic nitrogens is 4. The molecule has 0 aliphatic carbocycles. The molecule has 0 saturated carbocycles. The van der Waals surface area contributed by atoms with E-state index in [1.165, 1.54) is 27.1 Å². The van der Waals surface area contributed by atoms with Crippen LogP contribution >= 0.6 is 0 Å². The van der Waals surface area contributed by atoms with Gasteiger partial charge in [0.05, 0.1) is 36.3 Å². The lowest BCUT2D eigenvalue weighted by molar-refractivity contribution is -0.141. The number of nitrogens with two attached hydrogens (primary N) is 1. The molecule has 0 bridgehead atoms. The number of carbonyl (C=O) groups excluding carboxylic acids is 2. The molecule has 36 heavy (non-hydrogen) atoms. The minimum Gasteiger partial charge on any atom is -0.481 e. The molecule has 1 aromatic carbocycles. The van der Waals surface area contributed by atoms with Crippen LogP contribution in [0.4, 0.5) is 19.0 Å². The second-order valence-electron chi connectivity index (χ2n) is 8.03. The molecule has 4 rings (SSSR count). The van der Waals surface area contributed by atoms with Crippen molar-refractivity contribution in [2.45, 2.75) is 19.6 Å². The Morgan fingerprint density at radius 2 is 1.86 bits per heavy atom. The molecule has 13 heteroatoms. The van der Waals surface area contributed by atoms with Gasteiger partial charge in [-0.05, 0) is 30.3 Å². The number of nitrogens with zero attached hydrogens (tertiary/aromatic N) is 6. The Morgan fingerprint density at radius 3 is 2.50 bits per heavy atom. The lowest BCUT2D eigenvalue weighted by Gasteiger charge is -2.31. The second kappa shape index (κ2) is 8.98. The smallest absolute Gasteiger partial charge is 0.433 e. The molecule has 0 aliphatic heterocycles. The zero-order chi connectivity index (χ0) is 26.4. The van der Waals surface area contributed by atoms with Crippen LogP contribution in [-0.2, 0) is 24.6 Å². The van der Waals surface area contributed by atoms with Crippen molar-refractivity contribution in [1.82, 2.24) is 29.8 Å². The summed E-state index contributed by atoms with van der Waals surface area (Å²) in [5.74, 6) is -1.06. The summed E-state index contributed by atoms with van der Waals surface area (Å²) in [6.07, 6.45) is -3.09. The van der Waals surface area contributed by atoms with Crippen LogP contribution in [-0.4, -0.2) is 55.7 Å². The summed E-state index contributed by atoms with van der Waals surface area (Å²) in [6.45, 7) is 0.983. The predicted molar refractivity (Wildman–Crippen MR) is 125 cm³/mol. The molecule has 0 atom stereocenters. The number of fused-ring (bicyclic) bond motifs is 3. The Balaban J connectivity index is 1.79. The highest BCUT2D eigenvalue weighted by molar-refractivity contribution is 6.10. The molecule has 4 aromatic rings. The summed E-state index contributed by atoms with van der Waals surface area (Å²) in [4.78, 5) is 33.7. The van der Waals surface area contributed by atoms with E-state index in [1.807, 2.05) is 0 Å². The lowest BCUT2D eigenvalue weighted by Crippen LogP contribution is -2.46. The molecule has 0 spiro atoms. The van der Waals surface area contributed by atoms with Crippen LogP contribution in [0.1, 0.15) is 28.5 Å². The van der Waals surface area contributed by atoms with E-state index in [9.17, 15) is 22.8 Å². The van der Waals surface area contributed by atoms with E-state index in [4.69, 9.17) is 10.5 Å². The Labute approximate surface area is 203 Å². The van der Waals surface area contributed by atoms with Crippen LogP contribution < -0.4 is 10.5 Å². The van der Waals surface area contributed by atoms with Crippen LogP contribution in [0.15, 0.2) is 36.5 Å². The maximum Gasteiger partial charge on any atom is 0.433 e. The molecule has 2 N–H and O–H groups in total. The number of anilines is 1. The van der Waals surface area contributed by atoms with Crippen LogP contribution in [0.2, 0.25) is 0 Å². The highest BCUT2D eigenvalue weighted by atomic mass is 19.4. The second-order valence-corrected chi connectivity index (χ2v) is 8.03. The topological polar surface area (TPSA) is 119 Å². The molecular formula is C23H22F3N7O3. The van der Waals surface area contributed by atoms with Gasteiger partial charge in [0, 0.05) is 37.5 Å². The van der Waals surface area contributed by atoms with Crippen molar-refractivity contribution in [3.05, 3.63) is 53.3 Å². The van der Waals surface area contributed by atoms with Crippen LogP contribution in [0.3, 0.4) is 0 Å². The van der Waals surface area contributed by atoms with Gasteiger partial charge in [-0.3, -0.25) is 19.3 Å². The number of amides is 2. The summed E-state index contributed by atoms with van der Waals surface area (Å²) in [5.41, 5.74) is 6.50. The molecule has 3 aromatic heterocycles. The first-order chi connectivity index (χ1) is 16.9. The Bertz CT molecular complexity index is 1500. The number of aryl methyl sites for hydroxylation is 1. The summed E-state index contributed by atoms with van der Waals surface area (Å²) < 4.78 is 45.9. The van der Waals surface area contributed by atoms with Gasteiger partial charge in [0.1, 0.15) is 11.5 Å². The normalized spacial score (nSPS) is 11.6. The first-order valence-corrected chi connectivity index (χ1v) is 10.6. The molecule has 188 valence electrons. The third kappa shape index (κ3) is 4.34. The highest BCUT2D eigenvalue weighted by Crippen LogP contribution is 2.32. The van der Waals surface area contributed by atoms with Gasteiger partial charge in [0.15, 0.2) is 0 Å². The highest BCUT2D eigenvalue weighted by Gasteiger charge is 2.34.